The number of carboxylic acid groups (broad SMARTS) is 1. The van der Waals surface area contributed by atoms with E-state index in [1.807, 2.05) is 22.9 Å². The molecule has 0 fully saturated rings. The minimum Gasteiger partial charge on any atom is -0.507 e. The molecule has 0 aliphatic rings. The largest absolute Gasteiger partial charge is 0.507 e. The fraction of sp³-hybridized carbons (Fsp3) is 0. The van der Waals surface area contributed by atoms with Crippen molar-refractivity contribution in [3.63, 3.8) is 0 Å². The van der Waals surface area contributed by atoms with Crippen molar-refractivity contribution in [3.8, 4) is 5.75 Å². The Morgan fingerprint density at radius 2 is 1.67 bits per heavy atom. The number of thiophene rings is 1. The third-order valence-electron chi connectivity index (χ3n) is 1.56. The highest BCUT2D eigenvalue weighted by Crippen LogP contribution is 2.14. The molecule has 0 amide bonds. The highest BCUT2D eigenvalue weighted by Gasteiger charge is 2.05. The molecule has 78 valence electrons. The molecule has 0 aliphatic carbocycles. The molecule has 0 unspecified atom stereocenters. The Hall–Kier alpha value is -1.81. The number of carboxylic acids is 1. The molecular weight excluding hydrogens is 212 g/mol. The van der Waals surface area contributed by atoms with Crippen LogP contribution in [0, 0.1) is 0 Å². The van der Waals surface area contributed by atoms with Crippen molar-refractivity contribution in [2.45, 2.75) is 0 Å². The van der Waals surface area contributed by atoms with Crippen LogP contribution >= 0.6 is 11.3 Å². The molecule has 2 rings (SSSR count). The molecule has 0 bridgehead atoms. The van der Waals surface area contributed by atoms with Crippen molar-refractivity contribution in [1.29, 1.82) is 0 Å². The van der Waals surface area contributed by atoms with E-state index < -0.39 is 5.97 Å². The number of para-hydroxylation sites is 1. The van der Waals surface area contributed by atoms with Crippen molar-refractivity contribution in [1.82, 2.24) is 0 Å². The minimum atomic E-state index is -1.11. The first-order chi connectivity index (χ1) is 7.22. The van der Waals surface area contributed by atoms with E-state index in [0.29, 0.717) is 0 Å². The molecule has 0 spiro atoms. The number of carbonyl (C=O) groups is 1. The molecule has 2 aromatic rings. The van der Waals surface area contributed by atoms with Gasteiger partial charge in [-0.25, -0.2) is 4.79 Å². The second-order valence-electron chi connectivity index (χ2n) is 2.62. The Bertz CT molecular complexity index is 392. The first-order valence-corrected chi connectivity index (χ1v) is 5.14. The van der Waals surface area contributed by atoms with Crippen LogP contribution in [-0.4, -0.2) is 16.2 Å². The fourth-order valence-electron chi connectivity index (χ4n) is 0.881. The van der Waals surface area contributed by atoms with E-state index in [1.54, 1.807) is 23.5 Å². The monoisotopic (exact) mass is 222 g/mol. The van der Waals surface area contributed by atoms with Gasteiger partial charge in [-0.15, -0.1) is 0 Å². The summed E-state index contributed by atoms with van der Waals surface area (Å²) in [6.07, 6.45) is 0. The van der Waals surface area contributed by atoms with Crippen LogP contribution in [0.3, 0.4) is 0 Å². The number of rotatable bonds is 1. The predicted octanol–water partition coefficient (Wildman–Crippen LogP) is 2.84. The first-order valence-electron chi connectivity index (χ1n) is 4.20. The lowest BCUT2D eigenvalue weighted by Crippen LogP contribution is -1.95. The van der Waals surface area contributed by atoms with E-state index in [1.165, 1.54) is 12.1 Å². The fourth-order valence-corrected chi connectivity index (χ4v) is 1.33. The van der Waals surface area contributed by atoms with E-state index >= 15 is 0 Å². The Morgan fingerprint density at radius 1 is 1.07 bits per heavy atom. The summed E-state index contributed by atoms with van der Waals surface area (Å²) in [5.74, 6) is -1.31. The quantitative estimate of drug-likeness (QED) is 0.780. The Kier molecular flexibility index (Phi) is 4.37. The average molecular weight is 222 g/mol. The van der Waals surface area contributed by atoms with Crippen LogP contribution < -0.4 is 0 Å². The van der Waals surface area contributed by atoms with E-state index in [4.69, 9.17) is 10.2 Å². The second-order valence-corrected chi connectivity index (χ2v) is 3.43. The van der Waals surface area contributed by atoms with E-state index in [9.17, 15) is 4.79 Å². The third kappa shape index (κ3) is 3.83. The summed E-state index contributed by atoms with van der Waals surface area (Å²) in [6, 6.07) is 9.85. The van der Waals surface area contributed by atoms with Gasteiger partial charge in [-0.3, -0.25) is 0 Å². The van der Waals surface area contributed by atoms with Gasteiger partial charge in [0.15, 0.2) is 0 Å². The van der Waals surface area contributed by atoms with Gasteiger partial charge in [0.25, 0.3) is 0 Å². The highest BCUT2D eigenvalue weighted by molar-refractivity contribution is 7.07. The van der Waals surface area contributed by atoms with Crippen LogP contribution in [0.1, 0.15) is 10.4 Å². The average Bonchev–Trinajstić information content (AvgIpc) is 2.75. The van der Waals surface area contributed by atoms with Crippen LogP contribution in [0.4, 0.5) is 0 Å². The van der Waals surface area contributed by atoms with Gasteiger partial charge in [0, 0.05) is 0 Å². The standard InChI is InChI=1S/C7H6O3.C4H4S/c8-6-4-2-1-3-5(6)7(9)10;1-2-4-5-3-1/h1-4,8H,(H,9,10);1-4H. The van der Waals surface area contributed by atoms with Gasteiger partial charge in [-0.1, -0.05) is 24.3 Å². The lowest BCUT2D eigenvalue weighted by Gasteiger charge is -1.95. The maximum atomic E-state index is 10.3. The molecule has 2 N–H and O–H groups in total. The molecular formula is C11H10O3S. The van der Waals surface area contributed by atoms with Gasteiger partial charge in [0.2, 0.25) is 0 Å². The summed E-state index contributed by atoms with van der Waals surface area (Å²) >= 11 is 1.71. The van der Waals surface area contributed by atoms with Gasteiger partial charge in [0.1, 0.15) is 11.3 Å². The molecule has 1 aromatic carbocycles. The van der Waals surface area contributed by atoms with Crippen molar-refractivity contribution in [2.75, 3.05) is 0 Å². The Balaban J connectivity index is 0.000000187. The number of hydrogen-bond acceptors (Lipinski definition) is 3. The number of aromatic hydroxyl groups is 1. The second kappa shape index (κ2) is 5.82. The SMILES string of the molecule is O=C(O)c1ccccc1O.c1ccsc1. The molecule has 0 aliphatic heterocycles. The van der Waals surface area contributed by atoms with E-state index in [2.05, 4.69) is 0 Å². The van der Waals surface area contributed by atoms with Crippen molar-refractivity contribution in [2.24, 2.45) is 0 Å². The molecule has 1 aromatic heterocycles. The maximum absolute atomic E-state index is 10.3. The zero-order chi connectivity index (χ0) is 11.1. The molecule has 0 saturated carbocycles. The van der Waals surface area contributed by atoms with Crippen molar-refractivity contribution < 1.29 is 15.0 Å². The molecule has 1 heterocycles. The van der Waals surface area contributed by atoms with Crippen LogP contribution in [0.15, 0.2) is 47.2 Å². The minimum absolute atomic E-state index is 0.0671. The summed E-state index contributed by atoms with van der Waals surface area (Å²) in [6.45, 7) is 0. The topological polar surface area (TPSA) is 57.5 Å². The van der Waals surface area contributed by atoms with E-state index in [0.717, 1.165) is 0 Å². The van der Waals surface area contributed by atoms with Crippen molar-refractivity contribution >= 4 is 17.3 Å². The number of phenols is 1. The summed E-state index contributed by atoms with van der Waals surface area (Å²) in [5, 5.41) is 21.4. The molecule has 0 atom stereocenters. The maximum Gasteiger partial charge on any atom is 0.339 e. The number of aromatic carboxylic acids is 1. The van der Waals surface area contributed by atoms with Gasteiger partial charge >= 0.3 is 5.97 Å². The van der Waals surface area contributed by atoms with Crippen LogP contribution in [0.2, 0.25) is 0 Å². The van der Waals surface area contributed by atoms with Gasteiger partial charge < -0.3 is 10.2 Å². The molecule has 0 radical (unpaired) electrons. The number of benzene rings is 1. The van der Waals surface area contributed by atoms with E-state index in [-0.39, 0.29) is 11.3 Å². The zero-order valence-electron chi connectivity index (χ0n) is 7.83. The molecule has 4 heteroatoms. The Labute approximate surface area is 91.2 Å². The Morgan fingerprint density at radius 3 is 2.00 bits per heavy atom. The normalized spacial score (nSPS) is 8.80. The predicted molar refractivity (Wildman–Crippen MR) is 59.4 cm³/mol. The van der Waals surface area contributed by atoms with Crippen LogP contribution in [0.5, 0.6) is 5.75 Å². The van der Waals surface area contributed by atoms with Gasteiger partial charge in [-0.2, -0.15) is 11.3 Å². The lowest BCUT2D eigenvalue weighted by atomic mass is 10.2. The van der Waals surface area contributed by atoms with Crippen molar-refractivity contribution in [3.05, 3.63) is 52.7 Å². The smallest absolute Gasteiger partial charge is 0.339 e. The van der Waals surface area contributed by atoms with Gasteiger partial charge in [-0.05, 0) is 22.9 Å². The molecule has 3 nitrogen and oxygen atoms in total. The molecule has 0 saturated heterocycles. The zero-order valence-corrected chi connectivity index (χ0v) is 8.65. The lowest BCUT2D eigenvalue weighted by molar-refractivity contribution is 0.0694. The van der Waals surface area contributed by atoms with Gasteiger partial charge in [0.05, 0.1) is 0 Å². The summed E-state index contributed by atoms with van der Waals surface area (Å²) in [7, 11) is 0. The highest BCUT2D eigenvalue weighted by atomic mass is 32.1. The van der Waals surface area contributed by atoms with Crippen LogP contribution in [-0.2, 0) is 0 Å². The third-order valence-corrected chi connectivity index (χ3v) is 2.19. The summed E-state index contributed by atoms with van der Waals surface area (Å²) < 4.78 is 0. The number of hydrogen-bond donors (Lipinski definition) is 2. The first kappa shape index (κ1) is 11.3. The summed E-state index contributed by atoms with van der Waals surface area (Å²) in [4.78, 5) is 10.3. The summed E-state index contributed by atoms with van der Waals surface area (Å²) in [5.41, 5.74) is -0.0671. The molecule has 15 heavy (non-hydrogen) atoms. The van der Waals surface area contributed by atoms with Crippen LogP contribution in [0.25, 0.3) is 0 Å².